The van der Waals surface area contributed by atoms with Gasteiger partial charge in [-0.05, 0) is 13.8 Å². The molecule has 1 rings (SSSR count). The van der Waals surface area contributed by atoms with Gasteiger partial charge in [0.2, 0.25) is 0 Å². The number of ether oxygens (including phenoxy) is 2. The van der Waals surface area contributed by atoms with E-state index < -0.39 is 30.5 Å². The fourth-order valence-electron chi connectivity index (χ4n) is 1.41. The van der Waals surface area contributed by atoms with Crippen molar-refractivity contribution >= 4 is 18.0 Å². The first-order valence-corrected chi connectivity index (χ1v) is 5.52. The van der Waals surface area contributed by atoms with Crippen LogP contribution < -0.4 is 5.43 Å². The number of nitrogens with one attached hydrogen (secondary N) is 1. The predicted molar refractivity (Wildman–Crippen MR) is 58.5 cm³/mol. The first-order chi connectivity index (χ1) is 8.40. The summed E-state index contributed by atoms with van der Waals surface area (Å²) in [6.07, 6.45) is -2.57. The van der Waals surface area contributed by atoms with Gasteiger partial charge in [0.25, 0.3) is 5.91 Å². The lowest BCUT2D eigenvalue weighted by molar-refractivity contribution is -0.162. The number of morpholine rings is 1. The maximum atomic E-state index is 11.7. The molecule has 1 saturated heterocycles. The summed E-state index contributed by atoms with van der Waals surface area (Å²) in [4.78, 5) is 33.6. The van der Waals surface area contributed by atoms with E-state index in [0.717, 1.165) is 5.01 Å². The molecule has 1 aliphatic rings. The van der Waals surface area contributed by atoms with Crippen molar-refractivity contribution in [3.8, 4) is 0 Å². The van der Waals surface area contributed by atoms with Gasteiger partial charge in [-0.3, -0.25) is 9.59 Å². The van der Waals surface area contributed by atoms with Crippen molar-refractivity contribution in [1.82, 2.24) is 10.4 Å². The molecule has 1 atom stereocenters. The molecule has 0 aromatic rings. The topological polar surface area (TPSA) is 105 Å². The summed E-state index contributed by atoms with van der Waals surface area (Å²) < 4.78 is 9.85. The Morgan fingerprint density at radius 1 is 1.61 bits per heavy atom. The number of hydrogen-bond donors (Lipinski definition) is 2. The lowest BCUT2D eigenvalue weighted by Crippen LogP contribution is -2.56. The zero-order chi connectivity index (χ0) is 13.7. The molecule has 1 aliphatic heterocycles. The van der Waals surface area contributed by atoms with Crippen molar-refractivity contribution in [3.05, 3.63) is 0 Å². The quantitative estimate of drug-likeness (QED) is 0.721. The Hall–Kier alpha value is -1.83. The normalized spacial score (nSPS) is 19.8. The van der Waals surface area contributed by atoms with Gasteiger partial charge in [-0.2, -0.15) is 0 Å². The highest BCUT2D eigenvalue weighted by atomic mass is 16.6. The molecule has 8 nitrogen and oxygen atoms in total. The first kappa shape index (κ1) is 14.2. The van der Waals surface area contributed by atoms with Crippen molar-refractivity contribution < 1.29 is 29.0 Å². The molecule has 8 heteroatoms. The van der Waals surface area contributed by atoms with Gasteiger partial charge in [0.05, 0.1) is 25.7 Å². The maximum Gasteiger partial charge on any atom is 0.426 e. The molecule has 1 heterocycles. The van der Waals surface area contributed by atoms with Gasteiger partial charge in [0.1, 0.15) is 6.10 Å². The summed E-state index contributed by atoms with van der Waals surface area (Å²) in [6.45, 7) is 3.66. The standard InChI is InChI=1S/C10H16N2O6/c1-6(2)18-10(16)11-12-3-4-17-7(9(12)15)5-8(13)14/h6-7H,3-5H2,1-2H3,(H,11,16)(H,13,14)/t7-/m1/s1. The molecule has 2 amide bonds. The fourth-order valence-corrected chi connectivity index (χ4v) is 1.41. The number of carbonyl (C=O) groups is 3. The Balaban J connectivity index is 2.53. The predicted octanol–water partition coefficient (Wildman–Crippen LogP) is -0.262. The minimum Gasteiger partial charge on any atom is -0.481 e. The van der Waals surface area contributed by atoms with Gasteiger partial charge in [-0.1, -0.05) is 0 Å². The average Bonchev–Trinajstić information content (AvgIpc) is 2.22. The van der Waals surface area contributed by atoms with Crippen LogP contribution in [0.2, 0.25) is 0 Å². The molecule has 0 aromatic heterocycles. The van der Waals surface area contributed by atoms with Crippen LogP contribution in [0.3, 0.4) is 0 Å². The van der Waals surface area contributed by atoms with Crippen LogP contribution in [-0.2, 0) is 19.1 Å². The zero-order valence-corrected chi connectivity index (χ0v) is 10.2. The van der Waals surface area contributed by atoms with Gasteiger partial charge in [0, 0.05) is 0 Å². The molecule has 0 aliphatic carbocycles. The van der Waals surface area contributed by atoms with Crippen LogP contribution >= 0.6 is 0 Å². The van der Waals surface area contributed by atoms with E-state index in [1.54, 1.807) is 13.8 Å². The Labute approximate surface area is 104 Å². The first-order valence-electron chi connectivity index (χ1n) is 5.52. The molecule has 0 radical (unpaired) electrons. The summed E-state index contributed by atoms with van der Waals surface area (Å²) >= 11 is 0. The van der Waals surface area contributed by atoms with Crippen molar-refractivity contribution in [1.29, 1.82) is 0 Å². The average molecular weight is 260 g/mol. The summed E-state index contributed by atoms with van der Waals surface area (Å²) in [7, 11) is 0. The molecular weight excluding hydrogens is 244 g/mol. The smallest absolute Gasteiger partial charge is 0.426 e. The van der Waals surface area contributed by atoms with Crippen molar-refractivity contribution in [2.24, 2.45) is 0 Å². The van der Waals surface area contributed by atoms with Crippen molar-refractivity contribution in [2.75, 3.05) is 13.2 Å². The van der Waals surface area contributed by atoms with E-state index in [1.807, 2.05) is 0 Å². The number of carboxylic acid groups (broad SMARTS) is 1. The van der Waals surface area contributed by atoms with Crippen LogP contribution in [0.15, 0.2) is 0 Å². The SMILES string of the molecule is CC(C)OC(=O)NN1CCO[C@H](CC(=O)O)C1=O. The Bertz CT molecular complexity index is 343. The summed E-state index contributed by atoms with van der Waals surface area (Å²) in [5.74, 6) is -1.73. The molecule has 0 spiro atoms. The Kier molecular flexibility index (Phi) is 4.90. The second-order valence-electron chi connectivity index (χ2n) is 4.01. The number of hydrogen-bond acceptors (Lipinski definition) is 5. The summed E-state index contributed by atoms with van der Waals surface area (Å²) in [5, 5.41) is 9.62. The second-order valence-corrected chi connectivity index (χ2v) is 4.01. The molecule has 0 aromatic carbocycles. The molecule has 18 heavy (non-hydrogen) atoms. The zero-order valence-electron chi connectivity index (χ0n) is 10.2. The minimum atomic E-state index is -1.14. The number of rotatable bonds is 4. The third-order valence-electron chi connectivity index (χ3n) is 2.10. The molecular formula is C10H16N2O6. The van der Waals surface area contributed by atoms with Crippen molar-refractivity contribution in [3.63, 3.8) is 0 Å². The van der Waals surface area contributed by atoms with Crippen LogP contribution in [0.1, 0.15) is 20.3 Å². The highest BCUT2D eigenvalue weighted by molar-refractivity contribution is 5.87. The van der Waals surface area contributed by atoms with Gasteiger partial charge in [-0.15, -0.1) is 0 Å². The van der Waals surface area contributed by atoms with Gasteiger partial charge in [-0.25, -0.2) is 15.2 Å². The van der Waals surface area contributed by atoms with E-state index in [1.165, 1.54) is 0 Å². The summed E-state index contributed by atoms with van der Waals surface area (Å²) in [6, 6.07) is 0. The monoisotopic (exact) mass is 260 g/mol. The van der Waals surface area contributed by atoms with Gasteiger partial charge < -0.3 is 14.6 Å². The third-order valence-corrected chi connectivity index (χ3v) is 2.10. The van der Waals surface area contributed by atoms with E-state index in [9.17, 15) is 14.4 Å². The van der Waals surface area contributed by atoms with Crippen LogP contribution in [0.5, 0.6) is 0 Å². The van der Waals surface area contributed by atoms with Crippen LogP contribution in [-0.4, -0.2) is 53.4 Å². The molecule has 0 saturated carbocycles. The van der Waals surface area contributed by atoms with Crippen LogP contribution in [0.25, 0.3) is 0 Å². The lowest BCUT2D eigenvalue weighted by Gasteiger charge is -2.31. The minimum absolute atomic E-state index is 0.155. The van der Waals surface area contributed by atoms with Crippen molar-refractivity contribution in [2.45, 2.75) is 32.5 Å². The largest absolute Gasteiger partial charge is 0.481 e. The number of amides is 2. The van der Waals surface area contributed by atoms with Crippen LogP contribution in [0.4, 0.5) is 4.79 Å². The molecule has 102 valence electrons. The molecule has 0 unspecified atom stereocenters. The Morgan fingerprint density at radius 2 is 2.28 bits per heavy atom. The third kappa shape index (κ3) is 4.21. The summed E-state index contributed by atoms with van der Waals surface area (Å²) in [5.41, 5.74) is 2.25. The Morgan fingerprint density at radius 3 is 2.83 bits per heavy atom. The van der Waals surface area contributed by atoms with E-state index >= 15 is 0 Å². The van der Waals surface area contributed by atoms with E-state index in [2.05, 4.69) is 5.43 Å². The number of nitrogens with zero attached hydrogens (tertiary/aromatic N) is 1. The lowest BCUT2D eigenvalue weighted by atomic mass is 10.2. The van der Waals surface area contributed by atoms with Gasteiger partial charge >= 0.3 is 12.1 Å². The highest BCUT2D eigenvalue weighted by Crippen LogP contribution is 2.09. The van der Waals surface area contributed by atoms with E-state index in [4.69, 9.17) is 14.6 Å². The number of hydrazine groups is 1. The number of aliphatic carboxylic acids is 1. The van der Waals surface area contributed by atoms with Crippen LogP contribution in [0, 0.1) is 0 Å². The fraction of sp³-hybridized carbons (Fsp3) is 0.700. The molecule has 0 bridgehead atoms. The number of carboxylic acids is 1. The highest BCUT2D eigenvalue weighted by Gasteiger charge is 2.32. The van der Waals surface area contributed by atoms with E-state index in [-0.39, 0.29) is 19.3 Å². The molecule has 2 N–H and O–H groups in total. The second kappa shape index (κ2) is 6.20. The van der Waals surface area contributed by atoms with Gasteiger partial charge in [0.15, 0.2) is 0 Å². The van der Waals surface area contributed by atoms with E-state index in [0.29, 0.717) is 0 Å². The molecule has 1 fully saturated rings. The number of carbonyl (C=O) groups excluding carboxylic acids is 2. The maximum absolute atomic E-state index is 11.7.